The minimum Gasteiger partial charge on any atom is -0.492 e. The Morgan fingerprint density at radius 3 is 2.62 bits per heavy atom. The van der Waals surface area contributed by atoms with Crippen LogP contribution in [0.3, 0.4) is 0 Å². The van der Waals surface area contributed by atoms with Crippen LogP contribution < -0.4 is 9.46 Å². The van der Waals surface area contributed by atoms with E-state index in [-0.39, 0.29) is 15.6 Å². The first kappa shape index (κ1) is 15.7. The van der Waals surface area contributed by atoms with Crippen LogP contribution in [0.5, 0.6) is 5.75 Å². The van der Waals surface area contributed by atoms with Crippen LogP contribution in [0.2, 0.25) is 0 Å². The lowest BCUT2D eigenvalue weighted by molar-refractivity contribution is 0.388. The monoisotopic (exact) mass is 330 g/mol. The van der Waals surface area contributed by atoms with Gasteiger partial charge < -0.3 is 4.74 Å². The second-order valence-corrected chi connectivity index (χ2v) is 7.12. The Labute approximate surface area is 127 Å². The van der Waals surface area contributed by atoms with Crippen molar-refractivity contribution in [1.29, 1.82) is 0 Å². The molecule has 8 heteroatoms. The molecule has 1 aromatic carbocycles. The number of anilines is 1. The smallest absolute Gasteiger partial charge is 0.273 e. The number of ether oxygens (including phenoxy) is 1. The van der Waals surface area contributed by atoms with Gasteiger partial charge in [0.2, 0.25) is 0 Å². The van der Waals surface area contributed by atoms with Crippen LogP contribution in [0.25, 0.3) is 0 Å². The van der Waals surface area contributed by atoms with Gasteiger partial charge in [-0.15, -0.1) is 0 Å². The SMILES string of the molecule is CCc1cc(F)c(OC)c(NS(=O)(=O)c2cc(C)ns2)c1. The van der Waals surface area contributed by atoms with Gasteiger partial charge in [-0.05, 0) is 48.6 Å². The first-order valence-corrected chi connectivity index (χ1v) is 8.45. The Hall–Kier alpha value is -1.67. The van der Waals surface area contributed by atoms with Gasteiger partial charge in [-0.2, -0.15) is 4.37 Å². The van der Waals surface area contributed by atoms with Gasteiger partial charge in [0.1, 0.15) is 0 Å². The summed E-state index contributed by atoms with van der Waals surface area (Å²) in [5, 5.41) is 0. The fourth-order valence-electron chi connectivity index (χ4n) is 1.80. The topological polar surface area (TPSA) is 68.3 Å². The highest BCUT2D eigenvalue weighted by Crippen LogP contribution is 2.32. The summed E-state index contributed by atoms with van der Waals surface area (Å²) in [5.41, 5.74) is 1.37. The molecule has 0 atom stereocenters. The summed E-state index contributed by atoms with van der Waals surface area (Å²) in [7, 11) is -2.52. The van der Waals surface area contributed by atoms with E-state index >= 15 is 0 Å². The van der Waals surface area contributed by atoms with E-state index in [1.54, 1.807) is 13.0 Å². The fourth-order valence-corrected chi connectivity index (χ4v) is 3.81. The van der Waals surface area contributed by atoms with E-state index < -0.39 is 15.8 Å². The summed E-state index contributed by atoms with van der Waals surface area (Å²) >= 11 is 0.868. The molecule has 0 unspecified atom stereocenters. The van der Waals surface area contributed by atoms with E-state index in [9.17, 15) is 12.8 Å². The van der Waals surface area contributed by atoms with Crippen molar-refractivity contribution in [2.45, 2.75) is 24.5 Å². The van der Waals surface area contributed by atoms with Crippen LogP contribution in [-0.2, 0) is 16.4 Å². The van der Waals surface area contributed by atoms with Gasteiger partial charge >= 0.3 is 0 Å². The number of aryl methyl sites for hydroxylation is 2. The molecule has 114 valence electrons. The predicted octanol–water partition coefficient (Wildman–Crippen LogP) is 2.96. The molecular weight excluding hydrogens is 315 g/mol. The van der Waals surface area contributed by atoms with E-state index in [0.29, 0.717) is 17.7 Å². The summed E-state index contributed by atoms with van der Waals surface area (Å²) in [6.45, 7) is 3.56. The number of hydrogen-bond acceptors (Lipinski definition) is 5. The van der Waals surface area contributed by atoms with Crippen LogP contribution in [0.15, 0.2) is 22.4 Å². The number of benzene rings is 1. The summed E-state index contributed by atoms with van der Waals surface area (Å²) in [6.07, 6.45) is 0.579. The zero-order chi connectivity index (χ0) is 15.6. The number of nitrogens with one attached hydrogen (secondary N) is 1. The van der Waals surface area contributed by atoms with Crippen LogP contribution in [-0.4, -0.2) is 19.9 Å². The Bertz CT molecular complexity index is 757. The molecule has 0 aliphatic carbocycles. The van der Waals surface area contributed by atoms with E-state index in [0.717, 1.165) is 11.5 Å². The third-order valence-electron chi connectivity index (χ3n) is 2.83. The van der Waals surface area contributed by atoms with E-state index in [4.69, 9.17) is 4.74 Å². The molecule has 0 radical (unpaired) electrons. The number of aromatic nitrogens is 1. The van der Waals surface area contributed by atoms with Crippen molar-refractivity contribution in [1.82, 2.24) is 4.37 Å². The highest BCUT2D eigenvalue weighted by atomic mass is 32.2. The highest BCUT2D eigenvalue weighted by Gasteiger charge is 2.21. The lowest BCUT2D eigenvalue weighted by Crippen LogP contribution is -2.13. The molecule has 0 bridgehead atoms. The van der Waals surface area contributed by atoms with Crippen LogP contribution in [0.4, 0.5) is 10.1 Å². The molecule has 21 heavy (non-hydrogen) atoms. The third kappa shape index (κ3) is 3.33. The lowest BCUT2D eigenvalue weighted by Gasteiger charge is -2.13. The average Bonchev–Trinajstić information content (AvgIpc) is 2.85. The van der Waals surface area contributed by atoms with Crippen LogP contribution in [0.1, 0.15) is 18.2 Å². The molecule has 2 rings (SSSR count). The third-order valence-corrected chi connectivity index (χ3v) is 5.53. The number of halogens is 1. The fraction of sp³-hybridized carbons (Fsp3) is 0.308. The minimum absolute atomic E-state index is 0.0735. The number of hydrogen-bond donors (Lipinski definition) is 1. The van der Waals surface area contributed by atoms with Crippen LogP contribution >= 0.6 is 11.5 Å². The molecule has 5 nitrogen and oxygen atoms in total. The van der Waals surface area contributed by atoms with Crippen molar-refractivity contribution in [2.24, 2.45) is 0 Å². The molecule has 0 amide bonds. The quantitative estimate of drug-likeness (QED) is 0.915. The van der Waals surface area contributed by atoms with Gasteiger partial charge in [-0.3, -0.25) is 4.72 Å². The van der Waals surface area contributed by atoms with Gasteiger partial charge in [0.25, 0.3) is 10.0 Å². The van der Waals surface area contributed by atoms with Gasteiger partial charge in [-0.1, -0.05) is 6.92 Å². The maximum Gasteiger partial charge on any atom is 0.273 e. The van der Waals surface area contributed by atoms with Gasteiger partial charge in [-0.25, -0.2) is 12.8 Å². The Kier molecular flexibility index (Phi) is 4.48. The molecule has 0 saturated carbocycles. The molecular formula is C13H15FN2O3S2. The van der Waals surface area contributed by atoms with Crippen molar-refractivity contribution < 1.29 is 17.5 Å². The Morgan fingerprint density at radius 2 is 2.10 bits per heavy atom. The van der Waals surface area contributed by atoms with Gasteiger partial charge in [0, 0.05) is 0 Å². The van der Waals surface area contributed by atoms with Gasteiger partial charge in [0.15, 0.2) is 15.8 Å². The second kappa shape index (κ2) is 5.98. The maximum absolute atomic E-state index is 13.9. The zero-order valence-electron chi connectivity index (χ0n) is 11.8. The number of rotatable bonds is 5. The molecule has 1 N–H and O–H groups in total. The van der Waals surface area contributed by atoms with Gasteiger partial charge in [0.05, 0.1) is 18.5 Å². The first-order valence-electron chi connectivity index (χ1n) is 6.20. The zero-order valence-corrected chi connectivity index (χ0v) is 13.4. The standard InChI is InChI=1S/C13H15FN2O3S2/c1-4-9-6-10(14)13(19-3)11(7-9)16-21(17,18)12-5-8(2)15-20-12/h5-7,16H,4H2,1-3H3. The molecule has 2 aromatic rings. The Morgan fingerprint density at radius 1 is 1.38 bits per heavy atom. The summed E-state index contributed by atoms with van der Waals surface area (Å²) in [5.74, 6) is -0.730. The summed E-state index contributed by atoms with van der Waals surface area (Å²) in [4.78, 5) is 0. The second-order valence-electron chi connectivity index (χ2n) is 4.40. The predicted molar refractivity (Wildman–Crippen MR) is 80.0 cm³/mol. The molecule has 1 aromatic heterocycles. The van der Waals surface area contributed by atoms with Crippen molar-refractivity contribution in [3.63, 3.8) is 0 Å². The van der Waals surface area contributed by atoms with Crippen molar-refractivity contribution in [2.75, 3.05) is 11.8 Å². The molecule has 0 spiro atoms. The molecule has 0 fully saturated rings. The lowest BCUT2D eigenvalue weighted by atomic mass is 10.1. The average molecular weight is 330 g/mol. The minimum atomic E-state index is -3.81. The summed E-state index contributed by atoms with van der Waals surface area (Å²) < 4.78 is 49.8. The molecule has 0 aliphatic heterocycles. The molecule has 0 saturated heterocycles. The van der Waals surface area contributed by atoms with Crippen molar-refractivity contribution >= 4 is 27.2 Å². The van der Waals surface area contributed by atoms with E-state index in [2.05, 4.69) is 9.10 Å². The normalized spacial score (nSPS) is 11.4. The van der Waals surface area contributed by atoms with Crippen molar-refractivity contribution in [3.05, 3.63) is 35.3 Å². The van der Waals surface area contributed by atoms with E-state index in [1.807, 2.05) is 6.92 Å². The molecule has 1 heterocycles. The summed E-state index contributed by atoms with van der Waals surface area (Å²) in [6, 6.07) is 4.35. The highest BCUT2D eigenvalue weighted by molar-refractivity contribution is 7.94. The first-order chi connectivity index (χ1) is 9.87. The largest absolute Gasteiger partial charge is 0.492 e. The number of nitrogens with zero attached hydrogens (tertiary/aromatic N) is 1. The maximum atomic E-state index is 13.9. The van der Waals surface area contributed by atoms with Crippen molar-refractivity contribution in [3.8, 4) is 5.75 Å². The number of methoxy groups -OCH3 is 1. The van der Waals surface area contributed by atoms with E-state index in [1.165, 1.54) is 19.2 Å². The number of sulfonamides is 1. The van der Waals surface area contributed by atoms with Crippen LogP contribution in [0, 0.1) is 12.7 Å². The molecule has 0 aliphatic rings. The Balaban J connectivity index is 2.45.